The second kappa shape index (κ2) is 5.03. The molecule has 2 aromatic rings. The average molecular weight is 248 g/mol. The maximum absolute atomic E-state index is 13.6. The molecule has 1 atom stereocenters. The molecule has 4 heteroatoms. The van der Waals surface area contributed by atoms with Gasteiger partial charge >= 0.3 is 5.92 Å². The number of furan rings is 1. The van der Waals surface area contributed by atoms with Gasteiger partial charge in [0.05, 0.1) is 6.26 Å². The zero-order valence-corrected chi connectivity index (χ0v) is 9.31. The summed E-state index contributed by atoms with van der Waals surface area (Å²) in [5, 5.41) is 9.47. The van der Waals surface area contributed by atoms with Crippen molar-refractivity contribution in [3.8, 4) is 11.8 Å². The Balaban J connectivity index is 2.20. The molecule has 18 heavy (non-hydrogen) atoms. The van der Waals surface area contributed by atoms with Gasteiger partial charge in [-0.15, -0.1) is 0 Å². The standard InChI is InChI=1S/C14H10F2O2/c15-14(16,13(17)12-7-4-10-18-12)9-8-11-5-2-1-3-6-11/h1-7,10,13,17H. The van der Waals surface area contributed by atoms with Crippen molar-refractivity contribution in [2.75, 3.05) is 0 Å². The van der Waals surface area contributed by atoms with E-state index in [1.54, 1.807) is 36.3 Å². The fourth-order valence-corrected chi connectivity index (χ4v) is 1.37. The highest BCUT2D eigenvalue weighted by Crippen LogP contribution is 2.30. The number of alkyl halides is 2. The fraction of sp³-hybridized carbons (Fsp3) is 0.143. The number of rotatable bonds is 2. The van der Waals surface area contributed by atoms with Crippen LogP contribution in [0.1, 0.15) is 17.4 Å². The van der Waals surface area contributed by atoms with Crippen LogP contribution < -0.4 is 0 Å². The summed E-state index contributed by atoms with van der Waals surface area (Å²) in [5.41, 5.74) is 0.462. The topological polar surface area (TPSA) is 33.4 Å². The lowest BCUT2D eigenvalue weighted by molar-refractivity contribution is -0.0729. The highest BCUT2D eigenvalue weighted by Gasteiger charge is 2.39. The SMILES string of the molecule is OC(c1ccco1)C(F)(F)C#Cc1ccccc1. The smallest absolute Gasteiger partial charge is 0.340 e. The molecule has 1 heterocycles. The monoisotopic (exact) mass is 248 g/mol. The summed E-state index contributed by atoms with van der Waals surface area (Å²) in [5.74, 6) is 0.328. The zero-order valence-electron chi connectivity index (χ0n) is 9.31. The first-order valence-electron chi connectivity index (χ1n) is 5.27. The van der Waals surface area contributed by atoms with E-state index in [0.29, 0.717) is 5.56 Å². The summed E-state index contributed by atoms with van der Waals surface area (Å²) in [6, 6.07) is 11.1. The highest BCUT2D eigenvalue weighted by atomic mass is 19.3. The van der Waals surface area contributed by atoms with Crippen molar-refractivity contribution in [2.45, 2.75) is 12.0 Å². The molecule has 92 valence electrons. The van der Waals surface area contributed by atoms with Crippen molar-refractivity contribution >= 4 is 0 Å². The molecule has 0 saturated heterocycles. The van der Waals surface area contributed by atoms with E-state index in [1.807, 2.05) is 0 Å². The summed E-state index contributed by atoms with van der Waals surface area (Å²) >= 11 is 0. The molecule has 2 rings (SSSR count). The number of aliphatic hydroxyl groups is 1. The lowest BCUT2D eigenvalue weighted by atomic mass is 10.1. The summed E-state index contributed by atoms with van der Waals surface area (Å²) in [7, 11) is 0. The largest absolute Gasteiger partial charge is 0.466 e. The summed E-state index contributed by atoms with van der Waals surface area (Å²) in [6.07, 6.45) is -0.845. The lowest BCUT2D eigenvalue weighted by Gasteiger charge is -2.14. The zero-order chi connectivity index (χ0) is 13.0. The van der Waals surface area contributed by atoms with E-state index in [2.05, 4.69) is 5.92 Å². The summed E-state index contributed by atoms with van der Waals surface area (Å²) in [6.45, 7) is 0. The van der Waals surface area contributed by atoms with E-state index in [-0.39, 0.29) is 5.76 Å². The van der Waals surface area contributed by atoms with Gasteiger partial charge in [-0.3, -0.25) is 0 Å². The van der Waals surface area contributed by atoms with Crippen LogP contribution in [-0.2, 0) is 0 Å². The van der Waals surface area contributed by atoms with Crippen molar-refractivity contribution in [3.63, 3.8) is 0 Å². The summed E-state index contributed by atoms with van der Waals surface area (Å²) < 4.78 is 31.9. The second-order valence-corrected chi connectivity index (χ2v) is 3.66. The fourth-order valence-electron chi connectivity index (χ4n) is 1.37. The first-order chi connectivity index (χ1) is 8.59. The Morgan fingerprint density at radius 3 is 2.44 bits per heavy atom. The van der Waals surface area contributed by atoms with Crippen molar-refractivity contribution in [1.29, 1.82) is 0 Å². The van der Waals surface area contributed by atoms with E-state index < -0.39 is 12.0 Å². The molecular weight excluding hydrogens is 238 g/mol. The van der Waals surface area contributed by atoms with Gasteiger partial charge in [-0.05, 0) is 30.2 Å². The number of hydrogen-bond acceptors (Lipinski definition) is 2. The summed E-state index contributed by atoms with van der Waals surface area (Å²) in [4.78, 5) is 0. The quantitative estimate of drug-likeness (QED) is 0.829. The Hall–Kier alpha value is -2.12. The van der Waals surface area contributed by atoms with Gasteiger partial charge in [0.1, 0.15) is 5.76 Å². The molecule has 0 aliphatic carbocycles. The maximum atomic E-state index is 13.6. The van der Waals surface area contributed by atoms with Crippen LogP contribution in [0.5, 0.6) is 0 Å². The number of aliphatic hydroxyl groups excluding tert-OH is 1. The molecule has 1 N–H and O–H groups in total. The molecule has 0 saturated carbocycles. The second-order valence-electron chi connectivity index (χ2n) is 3.66. The predicted molar refractivity (Wildman–Crippen MR) is 61.9 cm³/mol. The first kappa shape index (κ1) is 12.3. The normalized spacial score (nSPS) is 12.6. The molecular formula is C14H10F2O2. The van der Waals surface area contributed by atoms with Crippen LogP contribution in [0.4, 0.5) is 8.78 Å². The van der Waals surface area contributed by atoms with Crippen molar-refractivity contribution in [3.05, 3.63) is 60.1 Å². The Labute approximate surface area is 103 Å². The van der Waals surface area contributed by atoms with Crippen LogP contribution in [-0.4, -0.2) is 11.0 Å². The van der Waals surface area contributed by atoms with Crippen LogP contribution in [0, 0.1) is 11.8 Å². The van der Waals surface area contributed by atoms with Crippen LogP contribution in [0.15, 0.2) is 53.1 Å². The van der Waals surface area contributed by atoms with Gasteiger partial charge in [0.2, 0.25) is 0 Å². The van der Waals surface area contributed by atoms with Gasteiger partial charge in [0, 0.05) is 5.56 Å². The maximum Gasteiger partial charge on any atom is 0.340 e. The van der Waals surface area contributed by atoms with E-state index >= 15 is 0 Å². The Kier molecular flexibility index (Phi) is 3.45. The molecule has 1 unspecified atom stereocenters. The molecule has 0 aliphatic heterocycles. The van der Waals surface area contributed by atoms with E-state index in [9.17, 15) is 13.9 Å². The molecule has 0 spiro atoms. The molecule has 1 aromatic carbocycles. The van der Waals surface area contributed by atoms with E-state index in [1.165, 1.54) is 18.4 Å². The van der Waals surface area contributed by atoms with Gasteiger partial charge in [-0.1, -0.05) is 24.1 Å². The Bertz CT molecular complexity index is 550. The Morgan fingerprint density at radius 1 is 1.11 bits per heavy atom. The van der Waals surface area contributed by atoms with Crippen LogP contribution in [0.2, 0.25) is 0 Å². The van der Waals surface area contributed by atoms with Gasteiger partial charge in [0.15, 0.2) is 6.10 Å². The van der Waals surface area contributed by atoms with Crippen molar-refractivity contribution in [2.24, 2.45) is 0 Å². The molecule has 0 radical (unpaired) electrons. The van der Waals surface area contributed by atoms with Crippen molar-refractivity contribution in [1.82, 2.24) is 0 Å². The Morgan fingerprint density at radius 2 is 1.83 bits per heavy atom. The van der Waals surface area contributed by atoms with E-state index in [0.717, 1.165) is 0 Å². The number of hydrogen-bond donors (Lipinski definition) is 1. The molecule has 0 fully saturated rings. The van der Waals surface area contributed by atoms with Gasteiger partial charge < -0.3 is 9.52 Å². The number of halogens is 2. The third kappa shape index (κ3) is 2.76. The third-order valence-electron chi connectivity index (χ3n) is 2.30. The number of benzene rings is 1. The molecule has 0 amide bonds. The first-order valence-corrected chi connectivity index (χ1v) is 5.27. The van der Waals surface area contributed by atoms with E-state index in [4.69, 9.17) is 4.42 Å². The predicted octanol–water partition coefficient (Wildman–Crippen LogP) is 3.00. The van der Waals surface area contributed by atoms with Crippen LogP contribution in [0.3, 0.4) is 0 Å². The molecule has 0 aliphatic rings. The minimum absolute atomic E-state index is 0.206. The molecule has 2 nitrogen and oxygen atoms in total. The minimum atomic E-state index is -3.56. The molecule has 1 aromatic heterocycles. The van der Waals surface area contributed by atoms with Crippen molar-refractivity contribution < 1.29 is 18.3 Å². The van der Waals surface area contributed by atoms with Gasteiger partial charge in [0.25, 0.3) is 0 Å². The third-order valence-corrected chi connectivity index (χ3v) is 2.30. The van der Waals surface area contributed by atoms with Crippen LogP contribution >= 0.6 is 0 Å². The molecule has 0 bridgehead atoms. The van der Waals surface area contributed by atoms with Gasteiger partial charge in [-0.25, -0.2) is 0 Å². The van der Waals surface area contributed by atoms with Gasteiger partial charge in [-0.2, -0.15) is 8.78 Å². The lowest BCUT2D eigenvalue weighted by Crippen LogP contribution is -2.23. The van der Waals surface area contributed by atoms with Crippen LogP contribution in [0.25, 0.3) is 0 Å². The average Bonchev–Trinajstić information content (AvgIpc) is 2.90. The highest BCUT2D eigenvalue weighted by molar-refractivity contribution is 5.36. The minimum Gasteiger partial charge on any atom is -0.466 e.